The number of carbonyl (C=O) groups is 8. The lowest BCUT2D eigenvalue weighted by molar-refractivity contribution is -0.144. The van der Waals surface area contributed by atoms with Gasteiger partial charge in [-0.25, -0.2) is 0 Å². The first-order valence-electron chi connectivity index (χ1n) is 13.9. The van der Waals surface area contributed by atoms with Crippen LogP contribution in [0.25, 0.3) is 0 Å². The van der Waals surface area contributed by atoms with Gasteiger partial charge in [0.2, 0.25) is 41.4 Å². The molecule has 0 saturated carbocycles. The third-order valence-electron chi connectivity index (χ3n) is 7.10. The summed E-state index contributed by atoms with van der Waals surface area (Å²) in [7, 11) is 0. The van der Waals surface area contributed by atoms with Crippen LogP contribution >= 0.6 is 0 Å². The number of nitrogens with zero attached hydrogens (tertiary/aromatic N) is 2. The third kappa shape index (κ3) is 10.2. The number of primary amides is 1. The molecule has 7 amide bonds. The van der Waals surface area contributed by atoms with Gasteiger partial charge in [0.05, 0.1) is 19.2 Å². The number of likely N-dealkylation sites (tertiary alicyclic amines) is 2. The zero-order valence-corrected chi connectivity index (χ0v) is 23.9. The van der Waals surface area contributed by atoms with Gasteiger partial charge in [0.25, 0.3) is 0 Å². The van der Waals surface area contributed by atoms with Crippen molar-refractivity contribution in [3.8, 4) is 0 Å². The maximum atomic E-state index is 13.0. The van der Waals surface area contributed by atoms with E-state index < -0.39 is 97.2 Å². The van der Waals surface area contributed by atoms with E-state index in [-0.39, 0.29) is 38.8 Å². The molecule has 5 unspecified atom stereocenters. The number of hydrogen-bond donors (Lipinski definition) is 8. The van der Waals surface area contributed by atoms with Crippen molar-refractivity contribution in [2.45, 2.75) is 75.7 Å². The summed E-state index contributed by atoms with van der Waals surface area (Å²) in [6.45, 7) is 0.0989. The van der Waals surface area contributed by atoms with Gasteiger partial charge in [-0.3, -0.25) is 38.4 Å². The van der Waals surface area contributed by atoms with Crippen LogP contribution in [0.2, 0.25) is 0 Å². The Kier molecular flexibility index (Phi) is 13.3. The molecule has 2 heterocycles. The second-order valence-corrected chi connectivity index (χ2v) is 10.3. The Bertz CT molecular complexity index is 1100. The summed E-state index contributed by atoms with van der Waals surface area (Å²) in [5.74, 6) is -6.13. The van der Waals surface area contributed by atoms with Crippen LogP contribution in [0, 0.1) is 0 Å². The minimum atomic E-state index is -1.31. The Balaban J connectivity index is 2.01. The van der Waals surface area contributed by atoms with Gasteiger partial charge in [-0.05, 0) is 39.0 Å². The molecule has 0 radical (unpaired) electrons. The smallest absolute Gasteiger partial charge is 0.322 e. The molecular weight excluding hydrogens is 572 g/mol. The van der Waals surface area contributed by atoms with E-state index in [1.807, 2.05) is 0 Å². The van der Waals surface area contributed by atoms with Crippen molar-refractivity contribution in [2.75, 3.05) is 32.7 Å². The van der Waals surface area contributed by atoms with E-state index in [9.17, 15) is 43.5 Å². The average molecular weight is 613 g/mol. The fourth-order valence-corrected chi connectivity index (χ4v) is 4.93. The topological polar surface area (TPSA) is 284 Å². The molecule has 0 aliphatic carbocycles. The van der Waals surface area contributed by atoms with E-state index in [0.29, 0.717) is 12.8 Å². The second kappa shape index (κ2) is 16.4. The fourth-order valence-electron chi connectivity index (χ4n) is 4.93. The molecule has 2 aliphatic heterocycles. The number of rotatable bonds is 15. The molecule has 0 aromatic rings. The molecule has 18 heteroatoms. The lowest BCUT2D eigenvalue weighted by Gasteiger charge is -2.30. The number of aliphatic hydroxyl groups is 1. The summed E-state index contributed by atoms with van der Waals surface area (Å²) in [6.07, 6.45) is -0.241. The van der Waals surface area contributed by atoms with E-state index in [2.05, 4.69) is 21.3 Å². The number of aliphatic carboxylic acids is 1. The van der Waals surface area contributed by atoms with E-state index in [1.165, 1.54) is 16.7 Å². The van der Waals surface area contributed by atoms with E-state index in [4.69, 9.17) is 16.6 Å². The van der Waals surface area contributed by atoms with Crippen molar-refractivity contribution in [1.82, 2.24) is 31.1 Å². The molecule has 240 valence electrons. The monoisotopic (exact) mass is 612 g/mol. The first-order valence-corrected chi connectivity index (χ1v) is 13.9. The predicted octanol–water partition coefficient (Wildman–Crippen LogP) is -5.14. The standard InChI is InChI=1S/C25H40N8O10/c1-13(34)21(31-18(36)10-26)25(43)33-9-3-4-15(33)23(41)28-11-19(37)32-8-2-5-16(32)24(42)30-14(6-7-17(27)35)22(40)29-12-20(38)39/h13-16,21,34H,2-12,26H2,1H3,(H2,27,35)(H,28,41)(H,29,40)(H,30,42)(H,31,36)(H,38,39). The molecule has 2 aliphatic rings. The van der Waals surface area contributed by atoms with Crippen LogP contribution in [0.4, 0.5) is 0 Å². The average Bonchev–Trinajstić information content (AvgIpc) is 3.65. The number of aliphatic hydroxyl groups excluding tert-OH is 1. The Morgan fingerprint density at radius 2 is 1.49 bits per heavy atom. The first-order chi connectivity index (χ1) is 20.3. The highest BCUT2D eigenvalue weighted by atomic mass is 16.4. The molecule has 5 atom stereocenters. The van der Waals surface area contributed by atoms with Crippen molar-refractivity contribution < 1.29 is 48.6 Å². The highest BCUT2D eigenvalue weighted by Crippen LogP contribution is 2.20. The van der Waals surface area contributed by atoms with Crippen LogP contribution < -0.4 is 32.7 Å². The van der Waals surface area contributed by atoms with Crippen LogP contribution in [0.5, 0.6) is 0 Å². The largest absolute Gasteiger partial charge is 0.480 e. The normalized spacial score (nSPS) is 20.0. The first kappa shape index (κ1) is 34.9. The summed E-state index contributed by atoms with van der Waals surface area (Å²) < 4.78 is 0. The molecule has 43 heavy (non-hydrogen) atoms. The van der Waals surface area contributed by atoms with Crippen molar-refractivity contribution in [3.63, 3.8) is 0 Å². The summed E-state index contributed by atoms with van der Waals surface area (Å²) in [4.78, 5) is 101. The van der Waals surface area contributed by atoms with Gasteiger partial charge in [0, 0.05) is 19.5 Å². The van der Waals surface area contributed by atoms with Crippen molar-refractivity contribution in [3.05, 3.63) is 0 Å². The Morgan fingerprint density at radius 1 is 0.884 bits per heavy atom. The van der Waals surface area contributed by atoms with Gasteiger partial charge in [-0.15, -0.1) is 0 Å². The molecular formula is C25H40N8O10. The van der Waals surface area contributed by atoms with Gasteiger partial charge in [-0.2, -0.15) is 0 Å². The number of nitrogens with one attached hydrogen (secondary N) is 4. The Labute approximate surface area is 247 Å². The lowest BCUT2D eigenvalue weighted by Crippen LogP contribution is -2.58. The van der Waals surface area contributed by atoms with Crippen LogP contribution in [0.1, 0.15) is 45.4 Å². The maximum Gasteiger partial charge on any atom is 0.322 e. The molecule has 0 spiro atoms. The highest BCUT2D eigenvalue weighted by molar-refractivity contribution is 5.96. The molecule has 10 N–H and O–H groups in total. The van der Waals surface area contributed by atoms with Crippen LogP contribution in [-0.2, 0) is 38.4 Å². The fraction of sp³-hybridized carbons (Fsp3) is 0.680. The summed E-state index contributed by atoms with van der Waals surface area (Å²) >= 11 is 0. The number of hydrogen-bond acceptors (Lipinski definition) is 10. The maximum absolute atomic E-state index is 13.0. The Hall–Kier alpha value is -4.32. The number of amides is 7. The number of carbonyl (C=O) groups excluding carboxylic acids is 7. The summed E-state index contributed by atoms with van der Waals surface area (Å²) in [5.41, 5.74) is 10.4. The summed E-state index contributed by atoms with van der Waals surface area (Å²) in [6, 6.07) is -4.53. The molecule has 2 fully saturated rings. The zero-order chi connectivity index (χ0) is 32.3. The Morgan fingerprint density at radius 3 is 2.05 bits per heavy atom. The number of nitrogens with two attached hydrogens (primary N) is 2. The number of carboxylic acid groups (broad SMARTS) is 1. The molecule has 0 bridgehead atoms. The SMILES string of the molecule is CC(O)C(NC(=O)CN)C(=O)N1CCCC1C(=O)NCC(=O)N1CCCC1C(=O)NC(CCC(N)=O)C(=O)NCC(=O)O. The van der Waals surface area contributed by atoms with Crippen molar-refractivity contribution in [1.29, 1.82) is 0 Å². The number of carboxylic acids is 1. The minimum Gasteiger partial charge on any atom is -0.480 e. The van der Waals surface area contributed by atoms with Crippen LogP contribution in [0.3, 0.4) is 0 Å². The molecule has 0 aromatic carbocycles. The van der Waals surface area contributed by atoms with E-state index in [0.717, 1.165) is 0 Å². The quantitative estimate of drug-likeness (QED) is 0.0865. The highest BCUT2D eigenvalue weighted by Gasteiger charge is 2.40. The third-order valence-corrected chi connectivity index (χ3v) is 7.10. The second-order valence-electron chi connectivity index (χ2n) is 10.3. The molecule has 0 aromatic heterocycles. The van der Waals surface area contributed by atoms with Gasteiger partial charge >= 0.3 is 5.97 Å². The molecule has 2 saturated heterocycles. The van der Waals surface area contributed by atoms with Crippen molar-refractivity contribution in [2.24, 2.45) is 11.5 Å². The van der Waals surface area contributed by atoms with Crippen molar-refractivity contribution >= 4 is 47.3 Å². The molecule has 18 nitrogen and oxygen atoms in total. The minimum absolute atomic E-state index is 0.189. The van der Waals surface area contributed by atoms with E-state index >= 15 is 0 Å². The zero-order valence-electron chi connectivity index (χ0n) is 23.9. The van der Waals surface area contributed by atoms with Gasteiger partial charge in [-0.1, -0.05) is 0 Å². The van der Waals surface area contributed by atoms with Crippen LogP contribution in [0.15, 0.2) is 0 Å². The van der Waals surface area contributed by atoms with Gasteiger partial charge in [0.1, 0.15) is 30.7 Å². The lowest BCUT2D eigenvalue weighted by atomic mass is 10.1. The van der Waals surface area contributed by atoms with Gasteiger partial charge < -0.3 is 52.7 Å². The predicted molar refractivity (Wildman–Crippen MR) is 146 cm³/mol. The summed E-state index contributed by atoms with van der Waals surface area (Å²) in [5, 5.41) is 28.2. The molecule has 2 rings (SSSR count). The van der Waals surface area contributed by atoms with Gasteiger partial charge in [0.15, 0.2) is 0 Å². The van der Waals surface area contributed by atoms with E-state index in [1.54, 1.807) is 0 Å². The van der Waals surface area contributed by atoms with Crippen LogP contribution in [-0.4, -0.2) is 130 Å².